The first-order valence-corrected chi connectivity index (χ1v) is 9.29. The molecule has 0 N–H and O–H groups in total. The Balaban J connectivity index is 1.65. The van der Waals surface area contributed by atoms with Crippen molar-refractivity contribution in [2.24, 2.45) is 5.92 Å². The van der Waals surface area contributed by atoms with Crippen molar-refractivity contribution in [3.8, 4) is 17.7 Å². The van der Waals surface area contributed by atoms with Gasteiger partial charge < -0.3 is 23.4 Å². The van der Waals surface area contributed by atoms with E-state index in [4.69, 9.17) is 13.6 Å². The van der Waals surface area contributed by atoms with Crippen molar-refractivity contribution in [1.29, 1.82) is 5.26 Å². The Morgan fingerprint density at radius 3 is 2.83 bits per heavy atom. The maximum atomic E-state index is 12.8. The van der Waals surface area contributed by atoms with Gasteiger partial charge >= 0.3 is 0 Å². The SMILES string of the molecule is COCCN(CC(F)F)C(=O)C1CCN(c2oc(-c3ccco3)nc2C#N)CC1. The van der Waals surface area contributed by atoms with Crippen LogP contribution in [0.2, 0.25) is 0 Å². The first-order chi connectivity index (χ1) is 14.0. The lowest BCUT2D eigenvalue weighted by Crippen LogP contribution is -2.45. The Hall–Kier alpha value is -2.93. The molecule has 8 nitrogen and oxygen atoms in total. The summed E-state index contributed by atoms with van der Waals surface area (Å²) in [4.78, 5) is 19.8. The van der Waals surface area contributed by atoms with Crippen molar-refractivity contribution < 1.29 is 27.1 Å². The zero-order valence-corrected chi connectivity index (χ0v) is 16.0. The lowest BCUT2D eigenvalue weighted by Gasteiger charge is -2.34. The second-order valence-corrected chi connectivity index (χ2v) is 6.69. The molecule has 2 aromatic heterocycles. The lowest BCUT2D eigenvalue weighted by atomic mass is 9.95. The highest BCUT2D eigenvalue weighted by Gasteiger charge is 2.32. The van der Waals surface area contributed by atoms with Gasteiger partial charge in [-0.05, 0) is 25.0 Å². The first kappa shape index (κ1) is 20.8. The maximum absolute atomic E-state index is 12.8. The van der Waals surface area contributed by atoms with Gasteiger partial charge in [0, 0.05) is 32.7 Å². The van der Waals surface area contributed by atoms with Crippen molar-refractivity contribution in [2.75, 3.05) is 44.8 Å². The van der Waals surface area contributed by atoms with Crippen LogP contribution in [0, 0.1) is 17.2 Å². The van der Waals surface area contributed by atoms with E-state index in [1.165, 1.54) is 18.3 Å². The summed E-state index contributed by atoms with van der Waals surface area (Å²) in [7, 11) is 1.46. The number of methoxy groups -OCH3 is 1. The third-order valence-electron chi connectivity index (χ3n) is 4.81. The molecule has 0 atom stereocenters. The molecule has 1 fully saturated rings. The van der Waals surface area contributed by atoms with Crippen LogP contribution in [0.1, 0.15) is 18.5 Å². The Labute approximate surface area is 166 Å². The average Bonchev–Trinajstić information content (AvgIpc) is 3.40. The number of nitrogens with zero attached hydrogens (tertiary/aromatic N) is 4. The maximum Gasteiger partial charge on any atom is 0.266 e. The van der Waals surface area contributed by atoms with Crippen molar-refractivity contribution in [3.05, 3.63) is 24.1 Å². The third-order valence-corrected chi connectivity index (χ3v) is 4.81. The fourth-order valence-corrected chi connectivity index (χ4v) is 3.35. The Morgan fingerprint density at radius 2 is 2.24 bits per heavy atom. The molecule has 0 bridgehead atoms. The van der Waals surface area contributed by atoms with Crippen LogP contribution in [0.5, 0.6) is 0 Å². The number of alkyl halides is 2. The molecule has 3 heterocycles. The summed E-state index contributed by atoms with van der Waals surface area (Å²) in [5, 5.41) is 9.37. The van der Waals surface area contributed by atoms with Gasteiger partial charge in [-0.2, -0.15) is 10.2 Å². The van der Waals surface area contributed by atoms with Gasteiger partial charge in [-0.1, -0.05) is 0 Å². The number of oxazole rings is 1. The van der Waals surface area contributed by atoms with E-state index in [0.29, 0.717) is 37.6 Å². The number of carbonyl (C=O) groups excluding carboxylic acids is 1. The molecule has 1 saturated heterocycles. The van der Waals surface area contributed by atoms with Crippen molar-refractivity contribution >= 4 is 11.8 Å². The molecule has 2 aromatic rings. The molecule has 3 rings (SSSR count). The number of halogens is 2. The number of aromatic nitrogens is 1. The molecule has 1 aliphatic rings. The minimum atomic E-state index is -2.59. The smallest absolute Gasteiger partial charge is 0.266 e. The van der Waals surface area contributed by atoms with Gasteiger partial charge in [-0.25, -0.2) is 8.78 Å². The van der Waals surface area contributed by atoms with Crippen molar-refractivity contribution in [1.82, 2.24) is 9.88 Å². The van der Waals surface area contributed by atoms with E-state index in [2.05, 4.69) is 4.98 Å². The number of amides is 1. The summed E-state index contributed by atoms with van der Waals surface area (Å²) in [5.74, 6) is 0.297. The number of carbonyl (C=O) groups is 1. The van der Waals surface area contributed by atoms with Crippen LogP contribution in [0.3, 0.4) is 0 Å². The van der Waals surface area contributed by atoms with E-state index < -0.39 is 13.0 Å². The molecule has 0 radical (unpaired) electrons. The second-order valence-electron chi connectivity index (χ2n) is 6.69. The van der Waals surface area contributed by atoms with E-state index >= 15 is 0 Å². The summed E-state index contributed by atoms with van der Waals surface area (Å²) in [6, 6.07) is 5.38. The Morgan fingerprint density at radius 1 is 1.48 bits per heavy atom. The lowest BCUT2D eigenvalue weighted by molar-refractivity contribution is -0.138. The zero-order chi connectivity index (χ0) is 20.8. The number of rotatable bonds is 8. The fourth-order valence-electron chi connectivity index (χ4n) is 3.35. The van der Waals surface area contributed by atoms with Crippen LogP contribution in [0.25, 0.3) is 11.7 Å². The van der Waals surface area contributed by atoms with Gasteiger partial charge in [-0.3, -0.25) is 4.79 Å². The standard InChI is InChI=1S/C19H22F2N4O4/c1-27-10-8-25(12-16(20)21)18(26)13-4-6-24(7-5-13)19-14(11-22)23-17(29-19)15-3-2-9-28-15/h2-3,9,13,16H,4-8,10,12H2,1H3. The molecule has 156 valence electrons. The number of anilines is 1. The highest BCUT2D eigenvalue weighted by molar-refractivity contribution is 5.79. The van der Waals surface area contributed by atoms with Gasteiger partial charge in [0.1, 0.15) is 6.07 Å². The van der Waals surface area contributed by atoms with Crippen LogP contribution in [-0.2, 0) is 9.53 Å². The summed E-state index contributed by atoms with van der Waals surface area (Å²) in [6.07, 6.45) is -0.180. The molecule has 1 aliphatic heterocycles. The molecule has 0 spiro atoms. The third kappa shape index (κ3) is 4.92. The second kappa shape index (κ2) is 9.52. The number of hydrogen-bond acceptors (Lipinski definition) is 7. The number of piperidine rings is 1. The van der Waals surface area contributed by atoms with Crippen LogP contribution < -0.4 is 4.90 Å². The average molecular weight is 408 g/mol. The molecule has 0 aliphatic carbocycles. The molecule has 0 saturated carbocycles. The van der Waals surface area contributed by atoms with E-state index in [0.717, 1.165) is 0 Å². The zero-order valence-electron chi connectivity index (χ0n) is 16.0. The van der Waals surface area contributed by atoms with E-state index in [1.54, 1.807) is 12.1 Å². The largest absolute Gasteiger partial charge is 0.459 e. The molecular weight excluding hydrogens is 386 g/mol. The number of hydrogen-bond donors (Lipinski definition) is 0. The Bertz CT molecular complexity index is 839. The molecule has 10 heteroatoms. The minimum absolute atomic E-state index is 0.132. The highest BCUT2D eigenvalue weighted by atomic mass is 19.3. The van der Waals surface area contributed by atoms with Gasteiger partial charge in [0.15, 0.2) is 5.76 Å². The molecule has 0 aromatic carbocycles. The molecule has 0 unspecified atom stereocenters. The number of nitriles is 1. The molecule has 1 amide bonds. The molecular formula is C19H22F2N4O4. The summed E-state index contributed by atoms with van der Waals surface area (Å²) >= 11 is 0. The summed E-state index contributed by atoms with van der Waals surface area (Å²) in [5.41, 5.74) is 0.139. The van der Waals surface area contributed by atoms with E-state index in [1.807, 2.05) is 11.0 Å². The van der Waals surface area contributed by atoms with Gasteiger partial charge in [0.05, 0.1) is 19.4 Å². The van der Waals surface area contributed by atoms with E-state index in [9.17, 15) is 18.8 Å². The number of furan rings is 1. The first-order valence-electron chi connectivity index (χ1n) is 9.29. The summed E-state index contributed by atoms with van der Waals surface area (Å²) in [6.45, 7) is 0.633. The van der Waals surface area contributed by atoms with Crippen LogP contribution in [0.4, 0.5) is 14.7 Å². The van der Waals surface area contributed by atoms with Crippen LogP contribution >= 0.6 is 0 Å². The van der Waals surface area contributed by atoms with Gasteiger partial charge in [0.25, 0.3) is 12.3 Å². The predicted molar refractivity (Wildman–Crippen MR) is 98.3 cm³/mol. The monoisotopic (exact) mass is 408 g/mol. The van der Waals surface area contributed by atoms with Crippen LogP contribution in [0.15, 0.2) is 27.2 Å². The van der Waals surface area contributed by atoms with Gasteiger partial charge in [-0.15, -0.1) is 0 Å². The van der Waals surface area contributed by atoms with E-state index in [-0.39, 0.29) is 36.6 Å². The van der Waals surface area contributed by atoms with Crippen molar-refractivity contribution in [3.63, 3.8) is 0 Å². The summed E-state index contributed by atoms with van der Waals surface area (Å²) < 4.78 is 41.5. The minimum Gasteiger partial charge on any atom is -0.459 e. The topological polar surface area (TPSA) is 95.7 Å². The predicted octanol–water partition coefficient (Wildman–Crippen LogP) is 2.76. The van der Waals surface area contributed by atoms with Crippen molar-refractivity contribution in [2.45, 2.75) is 19.3 Å². The van der Waals surface area contributed by atoms with Crippen LogP contribution in [-0.4, -0.2) is 62.1 Å². The molecule has 29 heavy (non-hydrogen) atoms. The fraction of sp³-hybridized carbons (Fsp3) is 0.526. The number of ether oxygens (including phenoxy) is 1. The van der Waals surface area contributed by atoms with Gasteiger partial charge in [0.2, 0.25) is 17.5 Å². The normalized spacial score (nSPS) is 14.9. The quantitative estimate of drug-likeness (QED) is 0.663. The Kier molecular flexibility index (Phi) is 6.82. The highest BCUT2D eigenvalue weighted by Crippen LogP contribution is 2.31.